The lowest BCUT2D eigenvalue weighted by molar-refractivity contribution is -0.143. The van der Waals surface area contributed by atoms with Crippen LogP contribution in [0.3, 0.4) is 0 Å². The minimum Gasteiger partial charge on any atom is -0.495 e. The number of anilines is 2. The Labute approximate surface area is 154 Å². The Morgan fingerprint density at radius 2 is 1.32 bits per heavy atom. The van der Waals surface area contributed by atoms with Crippen LogP contribution in [-0.4, -0.2) is 18.9 Å². The van der Waals surface area contributed by atoms with Gasteiger partial charge in [0.05, 0.1) is 23.9 Å². The minimum atomic E-state index is -5.08. The van der Waals surface area contributed by atoms with Crippen LogP contribution in [0.1, 0.15) is 11.1 Å². The molecule has 0 radical (unpaired) electrons. The highest BCUT2D eigenvalue weighted by Crippen LogP contribution is 2.37. The van der Waals surface area contributed by atoms with Crippen LogP contribution >= 0.6 is 0 Å². The topological polar surface area (TPSA) is 67.4 Å². The largest absolute Gasteiger partial charge is 0.495 e. The molecule has 0 unspecified atom stereocenters. The van der Waals surface area contributed by atoms with Crippen molar-refractivity contribution in [1.82, 2.24) is 0 Å². The van der Waals surface area contributed by atoms with E-state index in [9.17, 15) is 35.9 Å². The molecule has 2 N–H and O–H groups in total. The molecule has 0 saturated heterocycles. The Morgan fingerprint density at radius 3 is 1.82 bits per heavy atom. The smallest absolute Gasteiger partial charge is 0.416 e. The molecule has 0 aliphatic carbocycles. The molecule has 0 aliphatic rings. The fourth-order valence-electron chi connectivity index (χ4n) is 2.14. The van der Waals surface area contributed by atoms with Crippen LogP contribution in [0.2, 0.25) is 0 Å². The highest BCUT2D eigenvalue weighted by atomic mass is 19.4. The molecule has 0 heterocycles. The lowest BCUT2D eigenvalue weighted by atomic mass is 10.1. The molecule has 0 aliphatic heterocycles. The third-order valence-corrected chi connectivity index (χ3v) is 3.41. The molecule has 2 aromatic carbocycles. The van der Waals surface area contributed by atoms with Gasteiger partial charge in [-0.3, -0.25) is 9.59 Å². The summed E-state index contributed by atoms with van der Waals surface area (Å²) in [6.45, 7) is 0. The van der Waals surface area contributed by atoms with Gasteiger partial charge in [0.25, 0.3) is 0 Å². The number of amides is 2. The predicted molar refractivity (Wildman–Crippen MR) is 86.7 cm³/mol. The number of hydrogen-bond donors (Lipinski definition) is 2. The number of para-hydroxylation sites is 2. The number of nitrogens with one attached hydrogen (secondary N) is 2. The number of hydrogen-bond acceptors (Lipinski definition) is 3. The maximum absolute atomic E-state index is 12.8. The molecule has 0 aromatic heterocycles. The number of methoxy groups -OCH3 is 1. The summed E-state index contributed by atoms with van der Waals surface area (Å²) in [7, 11) is 1.30. The average Bonchev–Trinajstić information content (AvgIpc) is 2.60. The van der Waals surface area contributed by atoms with E-state index < -0.39 is 41.0 Å². The van der Waals surface area contributed by atoms with Crippen molar-refractivity contribution in [2.24, 2.45) is 0 Å². The molecule has 5 nitrogen and oxygen atoms in total. The van der Waals surface area contributed by atoms with Crippen molar-refractivity contribution in [3.63, 3.8) is 0 Å². The van der Waals surface area contributed by atoms with Gasteiger partial charge < -0.3 is 15.4 Å². The van der Waals surface area contributed by atoms with Gasteiger partial charge in [-0.05, 0) is 30.3 Å². The van der Waals surface area contributed by atoms with Crippen molar-refractivity contribution < 1.29 is 40.7 Å². The van der Waals surface area contributed by atoms with Gasteiger partial charge in [-0.2, -0.15) is 26.3 Å². The van der Waals surface area contributed by atoms with E-state index in [4.69, 9.17) is 4.74 Å². The van der Waals surface area contributed by atoms with Crippen molar-refractivity contribution in [1.29, 1.82) is 0 Å². The summed E-state index contributed by atoms with van der Waals surface area (Å²) in [4.78, 5) is 23.8. The van der Waals surface area contributed by atoms with Gasteiger partial charge in [0.1, 0.15) is 5.75 Å². The van der Waals surface area contributed by atoms with Crippen LogP contribution < -0.4 is 15.4 Å². The van der Waals surface area contributed by atoms with Gasteiger partial charge in [0.2, 0.25) is 0 Å². The molecule has 2 aromatic rings. The van der Waals surface area contributed by atoms with Crippen LogP contribution in [0, 0.1) is 0 Å². The Kier molecular flexibility index (Phi) is 5.86. The first-order chi connectivity index (χ1) is 12.9. The van der Waals surface area contributed by atoms with Gasteiger partial charge in [-0.15, -0.1) is 0 Å². The second-order valence-electron chi connectivity index (χ2n) is 5.40. The average molecular weight is 406 g/mol. The van der Waals surface area contributed by atoms with Crippen molar-refractivity contribution in [3.8, 4) is 5.75 Å². The summed E-state index contributed by atoms with van der Waals surface area (Å²) in [5.41, 5.74) is -3.99. The second kappa shape index (κ2) is 7.79. The van der Waals surface area contributed by atoms with E-state index in [1.165, 1.54) is 25.3 Å². The van der Waals surface area contributed by atoms with Crippen LogP contribution in [0.15, 0.2) is 42.5 Å². The summed E-state index contributed by atoms with van der Waals surface area (Å²) in [5.74, 6) is -2.57. The summed E-state index contributed by atoms with van der Waals surface area (Å²) >= 11 is 0. The molecule has 150 valence electrons. The summed E-state index contributed by atoms with van der Waals surface area (Å²) < 4.78 is 81.9. The zero-order chi connectivity index (χ0) is 21.1. The van der Waals surface area contributed by atoms with Gasteiger partial charge in [0, 0.05) is 5.69 Å². The van der Waals surface area contributed by atoms with Gasteiger partial charge >= 0.3 is 24.2 Å². The molecule has 0 saturated carbocycles. The number of ether oxygens (including phenoxy) is 1. The monoisotopic (exact) mass is 406 g/mol. The molecule has 0 bridgehead atoms. The van der Waals surface area contributed by atoms with E-state index in [1.54, 1.807) is 11.4 Å². The number of alkyl halides is 6. The van der Waals surface area contributed by atoms with Crippen LogP contribution in [0.5, 0.6) is 5.75 Å². The fraction of sp³-hybridized carbons (Fsp3) is 0.176. The van der Waals surface area contributed by atoms with E-state index in [0.29, 0.717) is 12.1 Å². The highest BCUT2D eigenvalue weighted by Gasteiger charge is 2.37. The third kappa shape index (κ3) is 5.15. The quantitative estimate of drug-likeness (QED) is 0.590. The molecular weight excluding hydrogens is 394 g/mol. The number of carbonyl (C=O) groups excluding carboxylic acids is 2. The van der Waals surface area contributed by atoms with E-state index in [1.807, 2.05) is 0 Å². The Balaban J connectivity index is 2.26. The SMILES string of the molecule is COc1ccccc1NC(=O)C(=O)Nc1cc(C(F)(F)F)cc(C(F)(F)F)c1. The van der Waals surface area contributed by atoms with E-state index in [0.717, 1.165) is 0 Å². The highest BCUT2D eigenvalue weighted by molar-refractivity contribution is 6.43. The van der Waals surface area contributed by atoms with Crippen LogP contribution in [-0.2, 0) is 21.9 Å². The maximum atomic E-state index is 12.8. The molecule has 2 rings (SSSR count). The van der Waals surface area contributed by atoms with Crippen molar-refractivity contribution in [2.45, 2.75) is 12.4 Å². The molecular formula is C17H12F6N2O3. The first-order valence-electron chi connectivity index (χ1n) is 7.46. The molecule has 2 amide bonds. The summed E-state index contributed by atoms with van der Waals surface area (Å²) in [6, 6.07) is 6.44. The molecule has 11 heteroatoms. The van der Waals surface area contributed by atoms with Crippen molar-refractivity contribution >= 4 is 23.2 Å². The van der Waals surface area contributed by atoms with E-state index >= 15 is 0 Å². The van der Waals surface area contributed by atoms with Gasteiger partial charge in [-0.25, -0.2) is 0 Å². The second-order valence-corrected chi connectivity index (χ2v) is 5.40. The Hall–Kier alpha value is -3.24. The number of rotatable bonds is 3. The number of carbonyl (C=O) groups is 2. The van der Waals surface area contributed by atoms with Crippen LogP contribution in [0.4, 0.5) is 37.7 Å². The maximum Gasteiger partial charge on any atom is 0.416 e. The fourth-order valence-corrected chi connectivity index (χ4v) is 2.14. The lowest BCUT2D eigenvalue weighted by Gasteiger charge is -2.15. The third-order valence-electron chi connectivity index (χ3n) is 3.41. The zero-order valence-corrected chi connectivity index (χ0v) is 14.0. The number of halogens is 6. The van der Waals surface area contributed by atoms with Crippen molar-refractivity contribution in [3.05, 3.63) is 53.6 Å². The predicted octanol–water partition coefficient (Wildman–Crippen LogP) is 4.31. The minimum absolute atomic E-state index is 0.0881. The van der Waals surface area contributed by atoms with E-state index in [2.05, 4.69) is 5.32 Å². The van der Waals surface area contributed by atoms with Crippen LogP contribution in [0.25, 0.3) is 0 Å². The standard InChI is InChI=1S/C17H12F6N2O3/c1-28-13-5-3-2-4-12(13)25-15(27)14(26)24-11-7-9(16(18,19)20)6-10(8-11)17(21,22)23/h2-8H,1H3,(H,24,26)(H,25,27). The summed E-state index contributed by atoms with van der Waals surface area (Å²) in [6.07, 6.45) is -10.2. The number of benzene rings is 2. The van der Waals surface area contributed by atoms with Crippen molar-refractivity contribution in [2.75, 3.05) is 17.7 Å². The summed E-state index contributed by atoms with van der Waals surface area (Å²) in [5, 5.41) is 3.88. The molecule has 0 fully saturated rings. The molecule has 0 atom stereocenters. The van der Waals surface area contributed by atoms with Gasteiger partial charge in [0.15, 0.2) is 0 Å². The van der Waals surface area contributed by atoms with Gasteiger partial charge in [-0.1, -0.05) is 12.1 Å². The van der Waals surface area contributed by atoms with E-state index in [-0.39, 0.29) is 17.5 Å². The molecule has 28 heavy (non-hydrogen) atoms. The Bertz CT molecular complexity index is 861. The lowest BCUT2D eigenvalue weighted by Crippen LogP contribution is -2.29. The zero-order valence-electron chi connectivity index (χ0n) is 14.0. The Morgan fingerprint density at radius 1 is 0.821 bits per heavy atom. The normalized spacial score (nSPS) is 11.7. The molecule has 0 spiro atoms. The first kappa shape index (κ1) is 21.1. The first-order valence-corrected chi connectivity index (χ1v) is 7.46.